The molecule has 2 rings (SSSR count). The van der Waals surface area contributed by atoms with Crippen LogP contribution in [0.2, 0.25) is 0 Å². The van der Waals surface area contributed by atoms with E-state index in [9.17, 15) is 4.79 Å². The summed E-state index contributed by atoms with van der Waals surface area (Å²) in [6, 6.07) is 0.518. The molecule has 0 amide bonds. The molecule has 3 unspecified atom stereocenters. The molecule has 1 saturated carbocycles. The van der Waals surface area contributed by atoms with Gasteiger partial charge in [0.2, 0.25) is 0 Å². The minimum Gasteiger partial charge on any atom is -0.316 e. The summed E-state index contributed by atoms with van der Waals surface area (Å²) in [5.74, 6) is 0.822. The smallest absolute Gasteiger partial charge is 0.316 e. The Hall–Kier alpha value is -0.750. The summed E-state index contributed by atoms with van der Waals surface area (Å²) in [6.07, 6.45) is 6.32. The summed E-state index contributed by atoms with van der Waals surface area (Å²) in [7, 11) is 3.80. The topological polar surface area (TPSA) is 62.7 Å². The maximum absolute atomic E-state index is 11.4. The predicted octanol–water partition coefficient (Wildman–Crippen LogP) is 1.76. The average Bonchev–Trinajstić information content (AvgIpc) is 2.72. The second-order valence-electron chi connectivity index (χ2n) is 5.39. The lowest BCUT2D eigenvalue weighted by atomic mass is 9.83. The van der Waals surface area contributed by atoms with Gasteiger partial charge in [0.1, 0.15) is 0 Å². The molecule has 0 bridgehead atoms. The van der Waals surface area contributed by atoms with Crippen LogP contribution < -0.4 is 11.0 Å². The van der Waals surface area contributed by atoms with Crippen LogP contribution >= 0.6 is 11.8 Å². The highest BCUT2D eigenvalue weighted by atomic mass is 32.2. The molecule has 0 spiro atoms. The van der Waals surface area contributed by atoms with Crippen molar-refractivity contribution < 1.29 is 0 Å². The number of hydrogen-bond acceptors (Lipinski definition) is 4. The second kappa shape index (κ2) is 6.61. The summed E-state index contributed by atoms with van der Waals surface area (Å²) in [5, 5.41) is 11.3. The van der Waals surface area contributed by atoms with Crippen LogP contribution in [0.3, 0.4) is 0 Å². The Labute approximate surface area is 118 Å². The maximum atomic E-state index is 11.4. The molecular weight excluding hydrogens is 260 g/mol. The van der Waals surface area contributed by atoms with Crippen molar-refractivity contribution in [2.45, 2.75) is 55.5 Å². The van der Waals surface area contributed by atoms with Gasteiger partial charge in [-0.05, 0) is 32.2 Å². The largest absolute Gasteiger partial charge is 0.343 e. The number of rotatable bonds is 5. The van der Waals surface area contributed by atoms with E-state index in [1.54, 1.807) is 23.4 Å². The fraction of sp³-hybridized carbons (Fsp3) is 0.846. The molecule has 19 heavy (non-hydrogen) atoms. The Kier molecular flexibility index (Phi) is 5.10. The van der Waals surface area contributed by atoms with Crippen LogP contribution in [0.15, 0.2) is 9.95 Å². The maximum Gasteiger partial charge on any atom is 0.343 e. The van der Waals surface area contributed by atoms with E-state index in [0.717, 1.165) is 11.1 Å². The summed E-state index contributed by atoms with van der Waals surface area (Å²) >= 11 is 1.73. The van der Waals surface area contributed by atoms with E-state index in [1.165, 1.54) is 32.1 Å². The molecular formula is C13H24N4OS. The van der Waals surface area contributed by atoms with Crippen LogP contribution in [-0.4, -0.2) is 33.1 Å². The normalized spacial score (nSPS) is 27.6. The SMILES string of the molecule is CCCC1CCC(NC)C(Sc2n[nH]c(=O)n2C)C1. The van der Waals surface area contributed by atoms with Gasteiger partial charge in [-0.25, -0.2) is 9.89 Å². The highest BCUT2D eigenvalue weighted by Gasteiger charge is 2.31. The molecule has 1 aromatic heterocycles. The van der Waals surface area contributed by atoms with Crippen LogP contribution in [0.25, 0.3) is 0 Å². The van der Waals surface area contributed by atoms with Gasteiger partial charge >= 0.3 is 5.69 Å². The number of nitrogens with zero attached hydrogens (tertiary/aromatic N) is 2. The van der Waals surface area contributed by atoms with E-state index < -0.39 is 0 Å². The highest BCUT2D eigenvalue weighted by molar-refractivity contribution is 7.99. The van der Waals surface area contributed by atoms with E-state index in [2.05, 4.69) is 22.4 Å². The van der Waals surface area contributed by atoms with E-state index >= 15 is 0 Å². The quantitative estimate of drug-likeness (QED) is 0.865. The number of hydrogen-bond donors (Lipinski definition) is 2. The van der Waals surface area contributed by atoms with Crippen molar-refractivity contribution in [1.29, 1.82) is 0 Å². The number of nitrogens with one attached hydrogen (secondary N) is 2. The van der Waals surface area contributed by atoms with Gasteiger partial charge in [0.25, 0.3) is 0 Å². The molecule has 0 radical (unpaired) electrons. The monoisotopic (exact) mass is 284 g/mol. The van der Waals surface area contributed by atoms with Crippen molar-refractivity contribution in [3.8, 4) is 0 Å². The molecule has 0 saturated heterocycles. The molecule has 6 heteroatoms. The third-order valence-electron chi connectivity index (χ3n) is 4.06. The van der Waals surface area contributed by atoms with E-state index in [0.29, 0.717) is 11.3 Å². The summed E-state index contributed by atoms with van der Waals surface area (Å²) < 4.78 is 1.60. The zero-order valence-electron chi connectivity index (χ0n) is 12.0. The highest BCUT2D eigenvalue weighted by Crippen LogP contribution is 2.36. The number of aromatic amines is 1. The van der Waals surface area contributed by atoms with Gasteiger partial charge in [-0.1, -0.05) is 31.5 Å². The Bertz CT molecular complexity index is 456. The van der Waals surface area contributed by atoms with Crippen molar-refractivity contribution in [3.05, 3.63) is 10.5 Å². The fourth-order valence-corrected chi connectivity index (χ4v) is 4.33. The van der Waals surface area contributed by atoms with Crippen molar-refractivity contribution in [2.75, 3.05) is 7.05 Å². The first-order valence-electron chi connectivity index (χ1n) is 7.11. The molecule has 108 valence electrons. The molecule has 0 aromatic carbocycles. The lowest BCUT2D eigenvalue weighted by molar-refractivity contribution is 0.295. The minimum absolute atomic E-state index is 0.135. The van der Waals surface area contributed by atoms with Gasteiger partial charge in [-0.2, -0.15) is 0 Å². The summed E-state index contributed by atoms with van der Waals surface area (Å²) in [4.78, 5) is 11.4. The summed E-state index contributed by atoms with van der Waals surface area (Å²) in [5.41, 5.74) is -0.135. The van der Waals surface area contributed by atoms with Gasteiger partial charge in [-0.15, -0.1) is 5.10 Å². The lowest BCUT2D eigenvalue weighted by Crippen LogP contribution is -2.41. The van der Waals surface area contributed by atoms with E-state index in [1.807, 2.05) is 7.05 Å². The molecule has 1 heterocycles. The Morgan fingerprint density at radius 1 is 1.53 bits per heavy atom. The van der Waals surface area contributed by atoms with E-state index in [-0.39, 0.29) is 5.69 Å². The van der Waals surface area contributed by atoms with Gasteiger partial charge < -0.3 is 5.32 Å². The molecule has 1 fully saturated rings. The third kappa shape index (κ3) is 3.42. The Morgan fingerprint density at radius 3 is 2.89 bits per heavy atom. The predicted molar refractivity (Wildman–Crippen MR) is 78.6 cm³/mol. The first-order chi connectivity index (χ1) is 9.15. The zero-order chi connectivity index (χ0) is 13.8. The second-order valence-corrected chi connectivity index (χ2v) is 6.60. The molecule has 1 aliphatic rings. The molecule has 1 aromatic rings. The molecule has 2 N–H and O–H groups in total. The number of thioether (sulfide) groups is 1. The molecule has 1 aliphatic carbocycles. The number of H-pyrrole nitrogens is 1. The van der Waals surface area contributed by atoms with Gasteiger partial charge in [0.05, 0.1) is 0 Å². The zero-order valence-corrected chi connectivity index (χ0v) is 12.8. The molecule has 3 atom stereocenters. The van der Waals surface area contributed by atoms with Gasteiger partial charge in [-0.3, -0.25) is 4.57 Å². The first-order valence-corrected chi connectivity index (χ1v) is 7.99. The Balaban J connectivity index is 2.06. The van der Waals surface area contributed by atoms with Crippen LogP contribution in [-0.2, 0) is 7.05 Å². The van der Waals surface area contributed by atoms with Gasteiger partial charge in [0.15, 0.2) is 5.16 Å². The van der Waals surface area contributed by atoms with Crippen molar-refractivity contribution in [3.63, 3.8) is 0 Å². The van der Waals surface area contributed by atoms with Crippen molar-refractivity contribution in [2.24, 2.45) is 13.0 Å². The lowest BCUT2D eigenvalue weighted by Gasteiger charge is -2.35. The van der Waals surface area contributed by atoms with Gasteiger partial charge in [0, 0.05) is 18.3 Å². The van der Waals surface area contributed by atoms with Crippen LogP contribution in [0.1, 0.15) is 39.0 Å². The fourth-order valence-electron chi connectivity index (χ4n) is 2.92. The number of aromatic nitrogens is 3. The van der Waals surface area contributed by atoms with E-state index in [4.69, 9.17) is 0 Å². The van der Waals surface area contributed by atoms with Crippen molar-refractivity contribution in [1.82, 2.24) is 20.1 Å². The molecule has 0 aliphatic heterocycles. The van der Waals surface area contributed by atoms with Crippen LogP contribution in [0, 0.1) is 5.92 Å². The van der Waals surface area contributed by atoms with Crippen LogP contribution in [0.4, 0.5) is 0 Å². The molecule has 5 nitrogen and oxygen atoms in total. The minimum atomic E-state index is -0.135. The first kappa shape index (κ1) is 14.7. The standard InChI is InChI=1S/C13H24N4OS/c1-4-5-9-6-7-10(14-2)11(8-9)19-13-16-15-12(18)17(13)3/h9-11,14H,4-8H2,1-3H3,(H,15,18). The summed E-state index contributed by atoms with van der Waals surface area (Å²) in [6.45, 7) is 2.25. The average molecular weight is 284 g/mol. The van der Waals surface area contributed by atoms with Crippen molar-refractivity contribution >= 4 is 11.8 Å². The Morgan fingerprint density at radius 2 is 2.32 bits per heavy atom. The van der Waals surface area contributed by atoms with Crippen LogP contribution in [0.5, 0.6) is 0 Å². The third-order valence-corrected chi connectivity index (χ3v) is 5.46.